The number of methoxy groups -OCH3 is 1. The van der Waals surface area contributed by atoms with Crippen LogP contribution >= 0.6 is 0 Å². The molecule has 2 aliphatic rings. The zero-order valence-corrected chi connectivity index (χ0v) is 18.9. The molecule has 2 N–H and O–H groups in total. The number of benzene rings is 1. The fraction of sp³-hybridized carbons (Fsp3) is 0.476. The first-order valence-corrected chi connectivity index (χ1v) is 12.3. The number of aromatic hydroxyl groups is 1. The lowest BCUT2D eigenvalue weighted by Crippen LogP contribution is -2.44. The Labute approximate surface area is 190 Å². The SMILES string of the molecule is COC(=O)N1CCC[C@H]1c1nc(=O)c(O)c2n1CCN(CCS(=O)(=O)c1ccccc1)C2O. The number of nitrogens with zero attached hydrogens (tertiary/aromatic N) is 4. The van der Waals surface area contributed by atoms with E-state index in [1.165, 1.54) is 29.0 Å². The predicted octanol–water partition coefficient (Wildman–Crippen LogP) is 0.633. The summed E-state index contributed by atoms with van der Waals surface area (Å²) < 4.78 is 31.6. The Morgan fingerprint density at radius 3 is 2.64 bits per heavy atom. The highest BCUT2D eigenvalue weighted by atomic mass is 32.2. The van der Waals surface area contributed by atoms with Gasteiger partial charge in [0.1, 0.15) is 11.5 Å². The van der Waals surface area contributed by atoms with Gasteiger partial charge in [0.2, 0.25) is 5.75 Å². The zero-order chi connectivity index (χ0) is 23.8. The molecular weight excluding hydrogens is 452 g/mol. The minimum Gasteiger partial charge on any atom is -0.502 e. The largest absolute Gasteiger partial charge is 0.502 e. The first-order valence-electron chi connectivity index (χ1n) is 10.6. The van der Waals surface area contributed by atoms with Gasteiger partial charge in [-0.2, -0.15) is 4.98 Å². The summed E-state index contributed by atoms with van der Waals surface area (Å²) in [4.78, 5) is 31.7. The van der Waals surface area contributed by atoms with E-state index in [4.69, 9.17) is 4.74 Å². The van der Waals surface area contributed by atoms with Crippen molar-refractivity contribution < 1.29 is 28.2 Å². The lowest BCUT2D eigenvalue weighted by atomic mass is 10.1. The molecule has 4 rings (SSSR count). The summed E-state index contributed by atoms with van der Waals surface area (Å²) in [6.07, 6.45) is -0.705. The molecule has 12 heteroatoms. The highest BCUT2D eigenvalue weighted by Gasteiger charge is 2.38. The Kier molecular flexibility index (Phi) is 6.41. The van der Waals surface area contributed by atoms with Gasteiger partial charge in [0.15, 0.2) is 16.1 Å². The Morgan fingerprint density at radius 1 is 1.21 bits per heavy atom. The summed E-state index contributed by atoms with van der Waals surface area (Å²) in [5, 5.41) is 21.4. The molecule has 1 amide bonds. The molecule has 2 atom stereocenters. The molecule has 1 unspecified atom stereocenters. The molecule has 1 aromatic carbocycles. The second-order valence-corrected chi connectivity index (χ2v) is 10.1. The minimum atomic E-state index is -3.57. The lowest BCUT2D eigenvalue weighted by molar-refractivity contribution is -0.0217. The van der Waals surface area contributed by atoms with Crippen molar-refractivity contribution in [2.75, 3.05) is 32.5 Å². The Bertz CT molecular complexity index is 1200. The Morgan fingerprint density at radius 2 is 1.94 bits per heavy atom. The molecule has 0 radical (unpaired) electrons. The number of rotatable bonds is 5. The van der Waals surface area contributed by atoms with E-state index in [1.807, 2.05) is 0 Å². The molecule has 3 heterocycles. The third-order valence-electron chi connectivity index (χ3n) is 6.14. The first kappa shape index (κ1) is 23.2. The number of likely N-dealkylation sites (tertiary alicyclic amines) is 1. The van der Waals surface area contributed by atoms with Crippen molar-refractivity contribution >= 4 is 15.9 Å². The fourth-order valence-electron chi connectivity index (χ4n) is 4.44. The third-order valence-corrected chi connectivity index (χ3v) is 7.85. The smallest absolute Gasteiger partial charge is 0.410 e. The van der Waals surface area contributed by atoms with Crippen LogP contribution in [0.1, 0.15) is 36.6 Å². The molecule has 0 aliphatic carbocycles. The maximum atomic E-state index is 12.6. The number of sulfone groups is 1. The van der Waals surface area contributed by atoms with E-state index in [9.17, 15) is 28.2 Å². The van der Waals surface area contributed by atoms with Crippen LogP contribution in [0.2, 0.25) is 0 Å². The summed E-state index contributed by atoms with van der Waals surface area (Å²) >= 11 is 0. The summed E-state index contributed by atoms with van der Waals surface area (Å²) in [6, 6.07) is 7.49. The number of hydrogen-bond donors (Lipinski definition) is 2. The molecule has 11 nitrogen and oxygen atoms in total. The van der Waals surface area contributed by atoms with Crippen molar-refractivity contribution in [2.24, 2.45) is 0 Å². The van der Waals surface area contributed by atoms with Crippen molar-refractivity contribution in [3.63, 3.8) is 0 Å². The van der Waals surface area contributed by atoms with Gasteiger partial charge < -0.3 is 19.5 Å². The predicted molar refractivity (Wildman–Crippen MR) is 116 cm³/mol. The van der Waals surface area contributed by atoms with E-state index in [-0.39, 0.29) is 41.8 Å². The van der Waals surface area contributed by atoms with Gasteiger partial charge >= 0.3 is 11.7 Å². The zero-order valence-electron chi connectivity index (χ0n) is 18.1. The van der Waals surface area contributed by atoms with E-state index in [1.54, 1.807) is 22.8 Å². The number of aliphatic hydroxyl groups excluding tert-OH is 1. The number of carbonyl (C=O) groups excluding carboxylic acids is 1. The summed E-state index contributed by atoms with van der Waals surface area (Å²) in [5.74, 6) is -0.661. The van der Waals surface area contributed by atoms with Crippen LogP contribution in [-0.2, 0) is 21.1 Å². The first-order chi connectivity index (χ1) is 15.7. The minimum absolute atomic E-state index is 0.00138. The van der Waals surface area contributed by atoms with Gasteiger partial charge in [-0.25, -0.2) is 13.2 Å². The van der Waals surface area contributed by atoms with E-state index in [0.29, 0.717) is 19.4 Å². The van der Waals surface area contributed by atoms with Gasteiger partial charge in [-0.3, -0.25) is 14.6 Å². The van der Waals surface area contributed by atoms with Gasteiger partial charge in [-0.1, -0.05) is 18.2 Å². The average Bonchev–Trinajstić information content (AvgIpc) is 3.30. The van der Waals surface area contributed by atoms with Gasteiger partial charge in [0.25, 0.3) is 0 Å². The summed E-state index contributed by atoms with van der Waals surface area (Å²) in [5.41, 5.74) is -0.962. The second-order valence-electron chi connectivity index (χ2n) is 8.02. The number of aliphatic hydroxyl groups is 1. The van der Waals surface area contributed by atoms with Crippen LogP contribution < -0.4 is 5.56 Å². The molecule has 0 saturated carbocycles. The van der Waals surface area contributed by atoms with Gasteiger partial charge in [0.05, 0.1) is 23.8 Å². The van der Waals surface area contributed by atoms with Crippen LogP contribution in [-0.4, -0.2) is 76.6 Å². The molecule has 2 aromatic rings. The maximum Gasteiger partial charge on any atom is 0.410 e. The lowest BCUT2D eigenvalue weighted by Gasteiger charge is -2.37. The highest BCUT2D eigenvalue weighted by Crippen LogP contribution is 2.35. The van der Waals surface area contributed by atoms with Crippen LogP contribution in [0.5, 0.6) is 5.75 Å². The number of aromatic nitrogens is 2. The third kappa shape index (κ3) is 4.33. The molecule has 1 aromatic heterocycles. The monoisotopic (exact) mass is 478 g/mol. The van der Waals surface area contributed by atoms with E-state index in [0.717, 1.165) is 0 Å². The van der Waals surface area contributed by atoms with Crippen LogP contribution in [0.3, 0.4) is 0 Å². The van der Waals surface area contributed by atoms with Crippen LogP contribution in [0.4, 0.5) is 4.79 Å². The standard InChI is InChI=1S/C21H26N4O7S/c1-32-21(29)24-9-5-8-15(24)18-22-19(27)17(26)16-20(28)23(10-11-25(16)18)12-13-33(30,31)14-6-3-2-4-7-14/h2-4,6-7,15,20,26,28H,5,8-13H2,1H3/t15-,20?/m0/s1. The van der Waals surface area contributed by atoms with Crippen molar-refractivity contribution in [1.29, 1.82) is 0 Å². The number of fused-ring (bicyclic) bond motifs is 1. The number of ether oxygens (including phenoxy) is 1. The molecule has 2 aliphatic heterocycles. The van der Waals surface area contributed by atoms with Crippen molar-refractivity contribution in [2.45, 2.75) is 36.6 Å². The van der Waals surface area contributed by atoms with Gasteiger partial charge in [0, 0.05) is 26.2 Å². The second kappa shape index (κ2) is 9.12. The molecule has 0 spiro atoms. The fourth-order valence-corrected chi connectivity index (χ4v) is 5.72. The van der Waals surface area contributed by atoms with Crippen molar-refractivity contribution in [3.05, 3.63) is 52.2 Å². The molecule has 1 fully saturated rings. The molecule has 178 valence electrons. The summed E-state index contributed by atoms with van der Waals surface area (Å²) in [7, 11) is -2.30. The average molecular weight is 479 g/mol. The van der Waals surface area contributed by atoms with Crippen LogP contribution in [0, 0.1) is 0 Å². The van der Waals surface area contributed by atoms with Crippen molar-refractivity contribution in [1.82, 2.24) is 19.4 Å². The quantitative estimate of drug-likeness (QED) is 0.633. The van der Waals surface area contributed by atoms with Gasteiger partial charge in [-0.15, -0.1) is 0 Å². The number of amides is 1. The molecule has 1 saturated heterocycles. The van der Waals surface area contributed by atoms with E-state index >= 15 is 0 Å². The number of hydrogen-bond acceptors (Lipinski definition) is 9. The van der Waals surface area contributed by atoms with E-state index in [2.05, 4.69) is 4.98 Å². The van der Waals surface area contributed by atoms with Crippen LogP contribution in [0.15, 0.2) is 40.0 Å². The maximum absolute atomic E-state index is 12.6. The summed E-state index contributed by atoms with van der Waals surface area (Å²) in [6.45, 7) is 0.955. The van der Waals surface area contributed by atoms with Gasteiger partial charge in [-0.05, 0) is 25.0 Å². The molecular formula is C21H26N4O7S. The van der Waals surface area contributed by atoms with Crippen molar-refractivity contribution in [3.8, 4) is 5.75 Å². The Hall–Kier alpha value is -2.96. The molecule has 0 bridgehead atoms. The molecule has 33 heavy (non-hydrogen) atoms. The Balaban J connectivity index is 1.61. The number of carbonyl (C=O) groups is 1. The topological polar surface area (TPSA) is 142 Å². The normalized spacial score (nSPS) is 21.1. The van der Waals surface area contributed by atoms with Crippen LogP contribution in [0.25, 0.3) is 0 Å². The van der Waals surface area contributed by atoms with E-state index < -0.39 is 39.5 Å². The highest BCUT2D eigenvalue weighted by molar-refractivity contribution is 7.91.